The summed E-state index contributed by atoms with van der Waals surface area (Å²) in [5.74, 6) is 0.951. The summed E-state index contributed by atoms with van der Waals surface area (Å²) in [6.45, 7) is 0. The SMILES string of the molecule is ClC1=C=C(Cl)C2=CC=CC=C[C]12.[Bi+2].[F-].[F-].[c]1ccccc1.[c]1ccccc1. The van der Waals surface area contributed by atoms with E-state index >= 15 is 0 Å². The molecule has 2 aliphatic rings. The molecule has 6 radical (unpaired) electrons. The Labute approximate surface area is 188 Å². The first-order chi connectivity index (χ1) is 11.8. The topological polar surface area (TPSA) is 0 Å². The van der Waals surface area contributed by atoms with Gasteiger partial charge in [0.2, 0.25) is 0 Å². The predicted octanol–water partition coefficient (Wildman–Crippen LogP) is 0.0720. The van der Waals surface area contributed by atoms with Crippen molar-refractivity contribution in [1.82, 2.24) is 0 Å². The van der Waals surface area contributed by atoms with Gasteiger partial charge in [-0.1, -0.05) is 120 Å². The number of benzene rings is 2. The molecule has 0 aliphatic heterocycles. The number of fused-ring (bicyclic) bond motifs is 1. The summed E-state index contributed by atoms with van der Waals surface area (Å²) in [7, 11) is 0. The van der Waals surface area contributed by atoms with Crippen LogP contribution in [0.2, 0.25) is 0 Å². The Morgan fingerprint density at radius 1 is 0.630 bits per heavy atom. The second-order valence-corrected chi connectivity index (χ2v) is 5.40. The Bertz CT molecular complexity index is 694. The van der Waals surface area contributed by atoms with Crippen molar-refractivity contribution in [3.63, 3.8) is 0 Å². The first kappa shape index (κ1) is 27.7. The van der Waals surface area contributed by atoms with Crippen LogP contribution >= 0.6 is 23.2 Å². The minimum absolute atomic E-state index is 0. The number of hydrogen-bond acceptors (Lipinski definition) is 0. The summed E-state index contributed by atoms with van der Waals surface area (Å²) >= 11 is 11.8. The third-order valence-corrected chi connectivity index (χ3v) is 3.54. The fraction of sp³-hybridized carbons (Fsp3) is 0. The second kappa shape index (κ2) is 16.7. The van der Waals surface area contributed by atoms with Crippen LogP contribution in [0.15, 0.2) is 112 Å². The van der Waals surface area contributed by atoms with Crippen molar-refractivity contribution in [2.24, 2.45) is 0 Å². The zero-order valence-electron chi connectivity index (χ0n) is 14.1. The zero-order valence-corrected chi connectivity index (χ0v) is 19.1. The maximum Gasteiger partial charge on any atom is 2.00 e. The van der Waals surface area contributed by atoms with E-state index in [1.807, 2.05) is 91.0 Å². The van der Waals surface area contributed by atoms with Crippen LogP contribution in [-0.4, -0.2) is 26.2 Å². The standard InChI is InChI=1S/C10H5Cl2.2C6H5.Bi.2FH/c11-9-6-10(12)8-5-3-1-2-4-7(8)9;2*1-2-4-6-5-3-1;;;/h1-5H;2*1-5H;;2*1H/q;;;+2;;/p-2. The van der Waals surface area contributed by atoms with Crippen LogP contribution in [-0.2, 0) is 0 Å². The number of allylic oxidation sites excluding steroid dienone is 7. The Hall–Kier alpha value is -1.50. The second-order valence-electron chi connectivity index (χ2n) is 4.65. The summed E-state index contributed by atoms with van der Waals surface area (Å²) in [6, 6.07) is 25.0. The van der Waals surface area contributed by atoms with E-state index in [0.29, 0.717) is 10.1 Å². The van der Waals surface area contributed by atoms with E-state index in [0.717, 1.165) is 11.5 Å². The summed E-state index contributed by atoms with van der Waals surface area (Å²) in [4.78, 5) is 0. The summed E-state index contributed by atoms with van der Waals surface area (Å²) < 4.78 is 0. The van der Waals surface area contributed by atoms with Gasteiger partial charge in [-0.2, -0.15) is 0 Å². The van der Waals surface area contributed by atoms with Crippen LogP contribution in [0.4, 0.5) is 0 Å². The van der Waals surface area contributed by atoms with Gasteiger partial charge in [-0.3, -0.25) is 0 Å². The molecule has 136 valence electrons. The zero-order chi connectivity index (χ0) is 17.0. The van der Waals surface area contributed by atoms with Crippen molar-refractivity contribution in [3.05, 3.63) is 130 Å². The van der Waals surface area contributed by atoms with E-state index in [1.165, 1.54) is 0 Å². The fourth-order valence-electron chi connectivity index (χ4n) is 1.84. The monoisotopic (exact) mass is 596 g/mol. The smallest absolute Gasteiger partial charge is 1.00 e. The predicted molar refractivity (Wildman–Crippen MR) is 108 cm³/mol. The number of halogens is 4. The van der Waals surface area contributed by atoms with Crippen LogP contribution < -0.4 is 9.41 Å². The maximum atomic E-state index is 5.90. The van der Waals surface area contributed by atoms with E-state index in [9.17, 15) is 0 Å². The van der Waals surface area contributed by atoms with E-state index in [-0.39, 0.29) is 35.6 Å². The Kier molecular flexibility index (Phi) is 17.1. The van der Waals surface area contributed by atoms with E-state index in [1.54, 1.807) is 0 Å². The third kappa shape index (κ3) is 10.4. The number of rotatable bonds is 0. The molecule has 0 spiro atoms. The van der Waals surface area contributed by atoms with Gasteiger partial charge < -0.3 is 9.41 Å². The molecule has 0 saturated heterocycles. The van der Waals surface area contributed by atoms with E-state index in [4.69, 9.17) is 23.2 Å². The van der Waals surface area contributed by atoms with Gasteiger partial charge in [-0.15, -0.1) is 0 Å². The fourth-order valence-corrected chi connectivity index (χ4v) is 2.41. The van der Waals surface area contributed by atoms with E-state index in [2.05, 4.69) is 17.9 Å². The van der Waals surface area contributed by atoms with Crippen LogP contribution in [0.5, 0.6) is 0 Å². The molecule has 0 unspecified atom stereocenters. The van der Waals surface area contributed by atoms with Crippen molar-refractivity contribution in [1.29, 1.82) is 0 Å². The molecule has 0 fully saturated rings. The molecule has 0 amide bonds. The van der Waals surface area contributed by atoms with Gasteiger partial charge in [-0.25, -0.2) is 0 Å². The average Bonchev–Trinajstić information content (AvgIpc) is 2.84. The Morgan fingerprint density at radius 3 is 1.56 bits per heavy atom. The van der Waals surface area contributed by atoms with Gasteiger partial charge >= 0.3 is 26.2 Å². The van der Waals surface area contributed by atoms with Crippen molar-refractivity contribution in [2.45, 2.75) is 0 Å². The number of hydrogen-bond donors (Lipinski definition) is 0. The van der Waals surface area contributed by atoms with Crippen molar-refractivity contribution >= 4 is 49.4 Å². The third-order valence-electron chi connectivity index (χ3n) is 2.94. The van der Waals surface area contributed by atoms with Gasteiger partial charge in [0.25, 0.3) is 0 Å². The van der Waals surface area contributed by atoms with E-state index < -0.39 is 0 Å². The van der Waals surface area contributed by atoms with Crippen LogP contribution in [0.25, 0.3) is 0 Å². The molecule has 2 aliphatic carbocycles. The van der Waals surface area contributed by atoms with Gasteiger partial charge in [-0.05, 0) is 17.7 Å². The molecular formula is C22H15BiCl2F2. The van der Waals surface area contributed by atoms with Crippen molar-refractivity contribution in [3.8, 4) is 0 Å². The molecule has 2 aromatic rings. The van der Waals surface area contributed by atoms with Crippen LogP contribution in [0, 0.1) is 18.1 Å². The van der Waals surface area contributed by atoms with Crippen molar-refractivity contribution < 1.29 is 9.41 Å². The van der Waals surface area contributed by atoms with Gasteiger partial charge in [0.1, 0.15) is 0 Å². The molecule has 0 atom stereocenters. The van der Waals surface area contributed by atoms with Gasteiger partial charge in [0.05, 0.1) is 16.0 Å². The minimum atomic E-state index is 0. The summed E-state index contributed by atoms with van der Waals surface area (Å²) in [5.41, 5.74) is 3.81. The molecule has 0 bridgehead atoms. The molecule has 0 aromatic heterocycles. The van der Waals surface area contributed by atoms with Crippen molar-refractivity contribution in [2.75, 3.05) is 0 Å². The van der Waals surface area contributed by atoms with Gasteiger partial charge in [0, 0.05) is 0 Å². The van der Waals surface area contributed by atoms with Gasteiger partial charge in [0.15, 0.2) is 0 Å². The molecular weight excluding hydrogens is 582 g/mol. The largest absolute Gasteiger partial charge is 2.00 e. The minimum Gasteiger partial charge on any atom is -1.00 e. The van der Waals surface area contributed by atoms with Crippen LogP contribution in [0.1, 0.15) is 0 Å². The molecule has 5 heteroatoms. The maximum absolute atomic E-state index is 5.90. The normalized spacial score (nSPS) is 13.0. The molecule has 0 saturated carbocycles. The Morgan fingerprint density at radius 2 is 1.15 bits per heavy atom. The first-order valence-electron chi connectivity index (χ1n) is 7.36. The Balaban J connectivity index is 0. The molecule has 0 N–H and O–H groups in total. The molecule has 0 nitrogen and oxygen atoms in total. The molecule has 27 heavy (non-hydrogen) atoms. The molecule has 2 aromatic carbocycles. The molecule has 0 heterocycles. The van der Waals surface area contributed by atoms with Crippen LogP contribution in [0.3, 0.4) is 0 Å². The summed E-state index contributed by atoms with van der Waals surface area (Å²) in [5, 5.41) is 1.18. The summed E-state index contributed by atoms with van der Waals surface area (Å²) in [6.07, 6.45) is 9.66. The molecule has 4 rings (SSSR count). The average molecular weight is 597 g/mol. The first-order valence-corrected chi connectivity index (χ1v) is 8.12. The quantitative estimate of drug-likeness (QED) is 0.298.